The normalized spacial score (nSPS) is 17.6. The monoisotopic (exact) mass is 271 g/mol. The van der Waals surface area contributed by atoms with Crippen molar-refractivity contribution in [2.45, 2.75) is 19.3 Å². The summed E-state index contributed by atoms with van der Waals surface area (Å²) in [4.78, 5) is 11.7. The molecule has 0 aliphatic heterocycles. The third-order valence-electron chi connectivity index (χ3n) is 3.82. The van der Waals surface area contributed by atoms with Gasteiger partial charge >= 0.3 is 5.97 Å². The predicted octanol–water partition coefficient (Wildman–Crippen LogP) is 1.73. The molecule has 20 heavy (non-hydrogen) atoms. The third kappa shape index (κ3) is 2.05. The van der Waals surface area contributed by atoms with Crippen molar-refractivity contribution < 1.29 is 9.53 Å². The van der Waals surface area contributed by atoms with Gasteiger partial charge in [0.05, 0.1) is 24.4 Å². The Morgan fingerprint density at radius 3 is 2.85 bits per heavy atom. The highest BCUT2D eigenvalue weighted by atomic mass is 16.5. The average Bonchev–Trinajstić information content (AvgIpc) is 2.84. The van der Waals surface area contributed by atoms with Crippen LogP contribution in [-0.2, 0) is 22.4 Å². The minimum Gasteiger partial charge on any atom is -0.469 e. The highest BCUT2D eigenvalue weighted by molar-refractivity contribution is 5.73. The summed E-state index contributed by atoms with van der Waals surface area (Å²) < 4.78 is 6.58. The maximum Gasteiger partial charge on any atom is 0.309 e. The molecule has 1 atom stereocenters. The maximum atomic E-state index is 11.7. The molecule has 104 valence electrons. The number of carbonyl (C=O) groups is 1. The van der Waals surface area contributed by atoms with Crippen LogP contribution in [0.25, 0.3) is 5.69 Å². The standard InChI is InChI=1S/C15H17N3O2/c1-20-15(19)10-7-8-13-12(9-10)14(16)18(17-13)11-5-3-2-4-6-11/h2-6,10H,7-9,16H2,1H3. The number of rotatable bonds is 2. The molecular formula is C15H17N3O2. The van der Waals surface area contributed by atoms with Crippen molar-refractivity contribution in [1.82, 2.24) is 9.78 Å². The van der Waals surface area contributed by atoms with Crippen LogP contribution in [0.5, 0.6) is 0 Å². The smallest absolute Gasteiger partial charge is 0.309 e. The van der Waals surface area contributed by atoms with Crippen molar-refractivity contribution in [3.8, 4) is 5.69 Å². The summed E-state index contributed by atoms with van der Waals surface area (Å²) in [6.07, 6.45) is 2.14. The number of para-hydroxylation sites is 1. The van der Waals surface area contributed by atoms with E-state index in [4.69, 9.17) is 10.5 Å². The van der Waals surface area contributed by atoms with Crippen molar-refractivity contribution in [2.24, 2.45) is 5.92 Å². The topological polar surface area (TPSA) is 70.1 Å². The lowest BCUT2D eigenvalue weighted by atomic mass is 9.87. The molecule has 0 radical (unpaired) electrons. The van der Waals surface area contributed by atoms with Crippen molar-refractivity contribution in [1.29, 1.82) is 0 Å². The molecule has 0 amide bonds. The number of hydrogen-bond donors (Lipinski definition) is 1. The van der Waals surface area contributed by atoms with Gasteiger partial charge < -0.3 is 10.5 Å². The molecule has 1 aliphatic carbocycles. The second-order valence-electron chi connectivity index (χ2n) is 5.02. The zero-order valence-corrected chi connectivity index (χ0v) is 11.4. The van der Waals surface area contributed by atoms with E-state index in [-0.39, 0.29) is 11.9 Å². The number of methoxy groups -OCH3 is 1. The molecule has 1 unspecified atom stereocenters. The van der Waals surface area contributed by atoms with Crippen LogP contribution in [0.3, 0.4) is 0 Å². The highest BCUT2D eigenvalue weighted by Crippen LogP contribution is 2.31. The fourth-order valence-electron chi connectivity index (χ4n) is 2.73. The van der Waals surface area contributed by atoms with Gasteiger partial charge in [0.2, 0.25) is 0 Å². The van der Waals surface area contributed by atoms with Gasteiger partial charge in [-0.1, -0.05) is 18.2 Å². The molecule has 0 saturated carbocycles. The van der Waals surface area contributed by atoms with Gasteiger partial charge in [-0.2, -0.15) is 5.10 Å². The fraction of sp³-hybridized carbons (Fsp3) is 0.333. The Kier molecular flexibility index (Phi) is 3.18. The molecule has 0 spiro atoms. The van der Waals surface area contributed by atoms with Crippen LogP contribution < -0.4 is 5.73 Å². The van der Waals surface area contributed by atoms with Crippen LogP contribution in [0, 0.1) is 5.92 Å². The van der Waals surface area contributed by atoms with Gasteiger partial charge in [-0.05, 0) is 31.4 Å². The molecule has 0 bridgehead atoms. The number of benzene rings is 1. The lowest BCUT2D eigenvalue weighted by Crippen LogP contribution is -2.23. The number of aryl methyl sites for hydroxylation is 1. The molecule has 1 aromatic carbocycles. The molecule has 5 heteroatoms. The van der Waals surface area contributed by atoms with Crippen molar-refractivity contribution in [3.05, 3.63) is 41.6 Å². The zero-order valence-electron chi connectivity index (χ0n) is 11.4. The summed E-state index contributed by atoms with van der Waals surface area (Å²) >= 11 is 0. The predicted molar refractivity (Wildman–Crippen MR) is 75.5 cm³/mol. The molecule has 1 aromatic heterocycles. The Morgan fingerprint density at radius 1 is 1.40 bits per heavy atom. The average molecular weight is 271 g/mol. The SMILES string of the molecule is COC(=O)C1CCc2nn(-c3ccccc3)c(N)c2C1. The summed E-state index contributed by atoms with van der Waals surface area (Å²) in [5.41, 5.74) is 9.12. The fourth-order valence-corrected chi connectivity index (χ4v) is 2.73. The van der Waals surface area contributed by atoms with E-state index in [1.165, 1.54) is 7.11 Å². The number of nitrogens with zero attached hydrogens (tertiary/aromatic N) is 2. The van der Waals surface area contributed by atoms with Crippen molar-refractivity contribution in [2.75, 3.05) is 12.8 Å². The number of carbonyl (C=O) groups excluding carboxylic acids is 1. The van der Waals surface area contributed by atoms with Crippen LogP contribution in [0.2, 0.25) is 0 Å². The van der Waals surface area contributed by atoms with Crippen molar-refractivity contribution in [3.63, 3.8) is 0 Å². The Hall–Kier alpha value is -2.30. The molecule has 3 rings (SSSR count). The largest absolute Gasteiger partial charge is 0.469 e. The summed E-state index contributed by atoms with van der Waals surface area (Å²) in [6, 6.07) is 9.79. The van der Waals surface area contributed by atoms with Crippen LogP contribution >= 0.6 is 0 Å². The van der Waals surface area contributed by atoms with Gasteiger partial charge in [0.15, 0.2) is 0 Å². The number of hydrogen-bond acceptors (Lipinski definition) is 4. The Morgan fingerprint density at radius 2 is 2.15 bits per heavy atom. The number of ether oxygens (including phenoxy) is 1. The first-order valence-corrected chi connectivity index (χ1v) is 6.70. The molecule has 0 fully saturated rings. The van der Waals surface area contributed by atoms with Crippen LogP contribution in [-0.4, -0.2) is 22.9 Å². The Balaban J connectivity index is 1.96. The molecule has 1 aliphatic rings. The number of fused-ring (bicyclic) bond motifs is 1. The van der Waals surface area contributed by atoms with E-state index >= 15 is 0 Å². The van der Waals surface area contributed by atoms with E-state index in [0.29, 0.717) is 12.2 Å². The number of nitrogen functional groups attached to an aromatic ring is 1. The van der Waals surface area contributed by atoms with Gasteiger partial charge in [0, 0.05) is 5.56 Å². The third-order valence-corrected chi connectivity index (χ3v) is 3.82. The minimum absolute atomic E-state index is 0.108. The summed E-state index contributed by atoms with van der Waals surface area (Å²) in [5, 5.41) is 4.58. The molecule has 2 aromatic rings. The zero-order chi connectivity index (χ0) is 14.1. The lowest BCUT2D eigenvalue weighted by molar-refractivity contribution is -0.145. The van der Waals surface area contributed by atoms with Gasteiger partial charge in [-0.25, -0.2) is 4.68 Å². The minimum atomic E-state index is -0.164. The second kappa shape index (κ2) is 5.00. The Labute approximate surface area is 117 Å². The maximum absolute atomic E-state index is 11.7. The quantitative estimate of drug-likeness (QED) is 0.844. The van der Waals surface area contributed by atoms with E-state index in [1.54, 1.807) is 4.68 Å². The molecule has 0 saturated heterocycles. The number of esters is 1. The number of aromatic nitrogens is 2. The summed E-state index contributed by atoms with van der Waals surface area (Å²) in [5.74, 6) is 0.352. The molecule has 1 heterocycles. The van der Waals surface area contributed by atoms with E-state index in [1.807, 2.05) is 30.3 Å². The molecular weight excluding hydrogens is 254 g/mol. The first-order valence-electron chi connectivity index (χ1n) is 6.70. The van der Waals surface area contributed by atoms with Crippen LogP contribution in [0.15, 0.2) is 30.3 Å². The number of nitrogens with two attached hydrogens (primary N) is 1. The summed E-state index contributed by atoms with van der Waals surface area (Å²) in [7, 11) is 1.43. The van der Waals surface area contributed by atoms with Crippen LogP contribution in [0.4, 0.5) is 5.82 Å². The van der Waals surface area contributed by atoms with Gasteiger partial charge in [-0.3, -0.25) is 4.79 Å². The first kappa shape index (κ1) is 12.7. The molecule has 5 nitrogen and oxygen atoms in total. The van der Waals surface area contributed by atoms with Crippen LogP contribution in [0.1, 0.15) is 17.7 Å². The lowest BCUT2D eigenvalue weighted by Gasteiger charge is -2.19. The Bertz CT molecular complexity index is 634. The van der Waals surface area contributed by atoms with E-state index in [9.17, 15) is 4.79 Å². The number of anilines is 1. The van der Waals surface area contributed by atoms with Gasteiger partial charge in [0.1, 0.15) is 5.82 Å². The summed E-state index contributed by atoms with van der Waals surface area (Å²) in [6.45, 7) is 0. The highest BCUT2D eigenvalue weighted by Gasteiger charge is 2.30. The molecule has 2 N–H and O–H groups in total. The first-order chi connectivity index (χ1) is 9.70. The van der Waals surface area contributed by atoms with Gasteiger partial charge in [0.25, 0.3) is 0 Å². The van der Waals surface area contributed by atoms with E-state index in [2.05, 4.69) is 5.10 Å². The van der Waals surface area contributed by atoms with Gasteiger partial charge in [-0.15, -0.1) is 0 Å². The second-order valence-corrected chi connectivity index (χ2v) is 5.02. The van der Waals surface area contributed by atoms with Crippen molar-refractivity contribution >= 4 is 11.8 Å². The van der Waals surface area contributed by atoms with E-state index in [0.717, 1.165) is 29.8 Å². The van der Waals surface area contributed by atoms with E-state index < -0.39 is 0 Å².